The standard InChI is InChI=1S/C17H25N5O2/c1-12-9-15(22-7-3-2-4-8-22)21-14(20-12)11-19-17(24)13-5-6-16(23)18-10-13/h9,13H,2-8,10-11H2,1H3,(H,18,23)(H,19,24). The predicted molar refractivity (Wildman–Crippen MR) is 90.4 cm³/mol. The van der Waals surface area contributed by atoms with Crippen molar-refractivity contribution in [3.05, 3.63) is 17.6 Å². The van der Waals surface area contributed by atoms with Gasteiger partial charge in [0.05, 0.1) is 12.5 Å². The summed E-state index contributed by atoms with van der Waals surface area (Å²) in [5, 5.41) is 5.64. The van der Waals surface area contributed by atoms with Crippen molar-refractivity contribution in [1.82, 2.24) is 20.6 Å². The lowest BCUT2D eigenvalue weighted by Gasteiger charge is -2.28. The summed E-state index contributed by atoms with van der Waals surface area (Å²) in [7, 11) is 0. The van der Waals surface area contributed by atoms with Gasteiger partial charge < -0.3 is 15.5 Å². The zero-order chi connectivity index (χ0) is 16.9. The minimum absolute atomic E-state index is 0.0206. The molecule has 1 aromatic rings. The summed E-state index contributed by atoms with van der Waals surface area (Å²) in [6, 6.07) is 2.01. The van der Waals surface area contributed by atoms with E-state index in [1.54, 1.807) is 0 Å². The maximum absolute atomic E-state index is 12.2. The fourth-order valence-electron chi connectivity index (χ4n) is 3.24. The molecule has 0 radical (unpaired) electrons. The number of hydrogen-bond donors (Lipinski definition) is 2. The van der Waals surface area contributed by atoms with Crippen LogP contribution < -0.4 is 15.5 Å². The third-order valence-corrected chi connectivity index (χ3v) is 4.62. The number of piperidine rings is 2. The largest absolute Gasteiger partial charge is 0.357 e. The molecule has 2 N–H and O–H groups in total. The van der Waals surface area contributed by atoms with Crippen LogP contribution in [0.5, 0.6) is 0 Å². The molecular formula is C17H25N5O2. The number of aromatic nitrogens is 2. The first-order valence-electron chi connectivity index (χ1n) is 8.76. The van der Waals surface area contributed by atoms with Gasteiger partial charge in [-0.25, -0.2) is 9.97 Å². The van der Waals surface area contributed by atoms with Gasteiger partial charge in [0.2, 0.25) is 11.8 Å². The van der Waals surface area contributed by atoms with E-state index in [1.807, 2.05) is 13.0 Å². The number of carbonyl (C=O) groups excluding carboxylic acids is 2. The number of hydrogen-bond acceptors (Lipinski definition) is 5. The molecule has 0 bridgehead atoms. The molecule has 1 atom stereocenters. The van der Waals surface area contributed by atoms with Gasteiger partial charge in [0.25, 0.3) is 0 Å². The van der Waals surface area contributed by atoms with Gasteiger partial charge in [-0.2, -0.15) is 0 Å². The van der Waals surface area contributed by atoms with E-state index in [0.717, 1.165) is 24.6 Å². The zero-order valence-electron chi connectivity index (χ0n) is 14.2. The molecule has 2 saturated heterocycles. The Hall–Kier alpha value is -2.18. The van der Waals surface area contributed by atoms with Crippen LogP contribution in [0, 0.1) is 12.8 Å². The first kappa shape index (κ1) is 16.7. The van der Waals surface area contributed by atoms with E-state index in [9.17, 15) is 9.59 Å². The van der Waals surface area contributed by atoms with Gasteiger partial charge in [0.15, 0.2) is 0 Å². The Morgan fingerprint density at radius 3 is 2.83 bits per heavy atom. The van der Waals surface area contributed by atoms with Gasteiger partial charge >= 0.3 is 0 Å². The minimum atomic E-state index is -0.158. The second-order valence-electron chi connectivity index (χ2n) is 6.59. The van der Waals surface area contributed by atoms with Crippen LogP contribution in [0.25, 0.3) is 0 Å². The van der Waals surface area contributed by atoms with Gasteiger partial charge in [-0.1, -0.05) is 0 Å². The quantitative estimate of drug-likeness (QED) is 0.856. The minimum Gasteiger partial charge on any atom is -0.357 e. The highest BCUT2D eigenvalue weighted by Crippen LogP contribution is 2.18. The topological polar surface area (TPSA) is 87.2 Å². The predicted octanol–water partition coefficient (Wildman–Crippen LogP) is 0.918. The van der Waals surface area contributed by atoms with Crippen molar-refractivity contribution < 1.29 is 9.59 Å². The molecule has 2 amide bonds. The molecule has 0 saturated carbocycles. The van der Waals surface area contributed by atoms with E-state index >= 15 is 0 Å². The van der Waals surface area contributed by atoms with Crippen molar-refractivity contribution in [2.75, 3.05) is 24.5 Å². The van der Waals surface area contributed by atoms with Crippen LogP contribution in [-0.2, 0) is 16.1 Å². The molecule has 0 aliphatic carbocycles. The van der Waals surface area contributed by atoms with E-state index in [2.05, 4.69) is 25.5 Å². The van der Waals surface area contributed by atoms with Gasteiger partial charge in [0.1, 0.15) is 11.6 Å². The molecule has 1 unspecified atom stereocenters. The number of nitrogens with zero attached hydrogens (tertiary/aromatic N) is 3. The first-order valence-corrected chi connectivity index (χ1v) is 8.76. The Balaban J connectivity index is 1.59. The van der Waals surface area contributed by atoms with Crippen molar-refractivity contribution in [2.24, 2.45) is 5.92 Å². The van der Waals surface area contributed by atoms with Gasteiger partial charge in [-0.3, -0.25) is 9.59 Å². The summed E-state index contributed by atoms with van der Waals surface area (Å²) in [4.78, 5) is 34.7. The highest BCUT2D eigenvalue weighted by Gasteiger charge is 2.24. The van der Waals surface area contributed by atoms with Crippen molar-refractivity contribution in [3.63, 3.8) is 0 Å². The third kappa shape index (κ3) is 4.21. The van der Waals surface area contributed by atoms with Gasteiger partial charge in [0, 0.05) is 37.8 Å². The van der Waals surface area contributed by atoms with E-state index < -0.39 is 0 Å². The number of rotatable bonds is 4. The van der Waals surface area contributed by atoms with Crippen LogP contribution in [0.15, 0.2) is 6.07 Å². The molecule has 7 heteroatoms. The maximum atomic E-state index is 12.2. The zero-order valence-corrected chi connectivity index (χ0v) is 14.2. The van der Waals surface area contributed by atoms with E-state index in [4.69, 9.17) is 0 Å². The van der Waals surface area contributed by atoms with E-state index in [0.29, 0.717) is 31.8 Å². The van der Waals surface area contributed by atoms with Gasteiger partial charge in [-0.15, -0.1) is 0 Å². The second-order valence-corrected chi connectivity index (χ2v) is 6.59. The lowest BCUT2D eigenvalue weighted by atomic mass is 9.98. The summed E-state index contributed by atoms with van der Waals surface area (Å²) >= 11 is 0. The lowest BCUT2D eigenvalue weighted by molar-refractivity contribution is -0.129. The monoisotopic (exact) mass is 331 g/mol. The Kier molecular flexibility index (Phi) is 5.27. The number of anilines is 1. The summed E-state index contributed by atoms with van der Waals surface area (Å²) in [6.07, 6.45) is 4.69. The Bertz CT molecular complexity index is 603. The summed E-state index contributed by atoms with van der Waals surface area (Å²) in [5.41, 5.74) is 0.916. The molecule has 1 aromatic heterocycles. The normalized spacial score (nSPS) is 21.3. The fraction of sp³-hybridized carbons (Fsp3) is 0.647. The first-order chi connectivity index (χ1) is 11.6. The highest BCUT2D eigenvalue weighted by molar-refractivity contribution is 5.83. The number of aryl methyl sites for hydroxylation is 1. The Morgan fingerprint density at radius 2 is 2.12 bits per heavy atom. The summed E-state index contributed by atoms with van der Waals surface area (Å²) in [6.45, 7) is 4.76. The van der Waals surface area contributed by atoms with Crippen LogP contribution in [-0.4, -0.2) is 41.4 Å². The van der Waals surface area contributed by atoms with Crippen LogP contribution in [0.4, 0.5) is 5.82 Å². The molecule has 130 valence electrons. The lowest BCUT2D eigenvalue weighted by Crippen LogP contribution is -2.42. The maximum Gasteiger partial charge on any atom is 0.225 e. The molecule has 2 aliphatic rings. The van der Waals surface area contributed by atoms with Crippen LogP contribution in [0.1, 0.15) is 43.6 Å². The van der Waals surface area contributed by atoms with E-state index in [-0.39, 0.29) is 17.7 Å². The molecule has 3 rings (SSSR count). The van der Waals surface area contributed by atoms with Crippen molar-refractivity contribution in [3.8, 4) is 0 Å². The van der Waals surface area contributed by atoms with E-state index in [1.165, 1.54) is 19.3 Å². The highest BCUT2D eigenvalue weighted by atomic mass is 16.2. The number of carbonyl (C=O) groups is 2. The molecule has 2 fully saturated rings. The summed E-state index contributed by atoms with van der Waals surface area (Å²) in [5.74, 6) is 1.42. The molecule has 0 aromatic carbocycles. The molecule has 2 aliphatic heterocycles. The summed E-state index contributed by atoms with van der Waals surface area (Å²) < 4.78 is 0. The molecular weight excluding hydrogens is 306 g/mol. The van der Waals surface area contributed by atoms with Crippen molar-refractivity contribution >= 4 is 17.6 Å². The van der Waals surface area contributed by atoms with Crippen LogP contribution >= 0.6 is 0 Å². The van der Waals surface area contributed by atoms with Gasteiger partial charge in [-0.05, 0) is 32.6 Å². The van der Waals surface area contributed by atoms with Crippen molar-refractivity contribution in [2.45, 2.75) is 45.6 Å². The molecule has 3 heterocycles. The number of nitrogens with one attached hydrogen (secondary N) is 2. The molecule has 24 heavy (non-hydrogen) atoms. The number of amides is 2. The average Bonchev–Trinajstić information content (AvgIpc) is 2.60. The molecule has 7 nitrogen and oxygen atoms in total. The van der Waals surface area contributed by atoms with Crippen LogP contribution in [0.2, 0.25) is 0 Å². The van der Waals surface area contributed by atoms with Crippen LogP contribution in [0.3, 0.4) is 0 Å². The smallest absolute Gasteiger partial charge is 0.225 e. The Labute approximate surface area is 142 Å². The second kappa shape index (κ2) is 7.59. The Morgan fingerprint density at radius 1 is 1.33 bits per heavy atom. The molecule has 0 spiro atoms. The fourth-order valence-corrected chi connectivity index (χ4v) is 3.24. The third-order valence-electron chi connectivity index (χ3n) is 4.62. The average molecular weight is 331 g/mol. The van der Waals surface area contributed by atoms with Crippen molar-refractivity contribution in [1.29, 1.82) is 0 Å². The SMILES string of the molecule is Cc1cc(N2CCCCC2)nc(CNC(=O)C2CCC(=O)NC2)n1.